The molecule has 0 saturated carbocycles. The molecule has 0 aromatic heterocycles. The molecule has 0 aliphatic carbocycles. The number of benzene rings is 2. The van der Waals surface area contributed by atoms with Gasteiger partial charge in [0.1, 0.15) is 18.2 Å². The Labute approximate surface area is 120 Å². The molecule has 2 nitrogen and oxygen atoms in total. The van der Waals surface area contributed by atoms with Crippen LogP contribution < -0.4 is 4.74 Å². The third kappa shape index (κ3) is 3.33. The van der Waals surface area contributed by atoms with Crippen molar-refractivity contribution in [1.82, 2.24) is 0 Å². The molecule has 0 unspecified atom stereocenters. The van der Waals surface area contributed by atoms with E-state index in [9.17, 15) is 9.50 Å². The van der Waals surface area contributed by atoms with Gasteiger partial charge in [-0.2, -0.15) is 0 Å². The van der Waals surface area contributed by atoms with Gasteiger partial charge < -0.3 is 9.84 Å². The maximum absolute atomic E-state index is 13.4. The van der Waals surface area contributed by atoms with Crippen LogP contribution in [0.4, 0.5) is 4.39 Å². The standard InChI is InChI=1S/C15H14BrFO2/c1-10-5-6-14(12(7-10)8-18)19-9-11-3-2-4-13(17)15(11)16/h2-7,18H,8-9H2,1H3. The first-order valence-electron chi connectivity index (χ1n) is 5.88. The Hall–Kier alpha value is -1.39. The van der Waals surface area contributed by atoms with E-state index in [1.807, 2.05) is 25.1 Å². The van der Waals surface area contributed by atoms with Crippen molar-refractivity contribution in [3.63, 3.8) is 0 Å². The zero-order valence-corrected chi connectivity index (χ0v) is 12.1. The van der Waals surface area contributed by atoms with Crippen LogP contribution in [-0.4, -0.2) is 5.11 Å². The topological polar surface area (TPSA) is 29.5 Å². The molecule has 0 amide bonds. The quantitative estimate of drug-likeness (QED) is 0.922. The fourth-order valence-corrected chi connectivity index (χ4v) is 2.17. The van der Waals surface area contributed by atoms with Crippen molar-refractivity contribution in [2.75, 3.05) is 0 Å². The molecule has 0 heterocycles. The predicted octanol–water partition coefficient (Wildman–Crippen LogP) is 3.97. The second kappa shape index (κ2) is 6.17. The highest BCUT2D eigenvalue weighted by atomic mass is 79.9. The molecular weight excluding hydrogens is 311 g/mol. The van der Waals surface area contributed by atoms with Crippen LogP contribution in [0.3, 0.4) is 0 Å². The van der Waals surface area contributed by atoms with Gasteiger partial charge in [0.05, 0.1) is 11.1 Å². The summed E-state index contributed by atoms with van der Waals surface area (Å²) in [5, 5.41) is 9.29. The average molecular weight is 325 g/mol. The highest BCUT2D eigenvalue weighted by Crippen LogP contribution is 2.24. The summed E-state index contributed by atoms with van der Waals surface area (Å²) in [6.45, 7) is 2.11. The van der Waals surface area contributed by atoms with Crippen LogP contribution in [0.5, 0.6) is 5.75 Å². The molecule has 100 valence electrons. The number of ether oxygens (including phenoxy) is 1. The molecule has 0 fully saturated rings. The summed E-state index contributed by atoms with van der Waals surface area (Å²) in [6.07, 6.45) is 0. The van der Waals surface area contributed by atoms with Crippen molar-refractivity contribution in [1.29, 1.82) is 0 Å². The molecule has 0 aliphatic rings. The van der Waals surface area contributed by atoms with Crippen molar-refractivity contribution in [3.8, 4) is 5.75 Å². The molecule has 0 saturated heterocycles. The maximum Gasteiger partial charge on any atom is 0.137 e. The van der Waals surface area contributed by atoms with Gasteiger partial charge in [-0.3, -0.25) is 0 Å². The fraction of sp³-hybridized carbons (Fsp3) is 0.200. The number of hydrogen-bond donors (Lipinski definition) is 1. The summed E-state index contributed by atoms with van der Waals surface area (Å²) in [5.74, 6) is 0.302. The smallest absolute Gasteiger partial charge is 0.137 e. The maximum atomic E-state index is 13.4. The molecule has 0 radical (unpaired) electrons. The number of halogens is 2. The lowest BCUT2D eigenvalue weighted by Crippen LogP contribution is -2.00. The summed E-state index contributed by atoms with van der Waals surface area (Å²) < 4.78 is 19.4. The van der Waals surface area contributed by atoms with E-state index in [2.05, 4.69) is 15.9 Å². The van der Waals surface area contributed by atoms with Crippen molar-refractivity contribution in [2.24, 2.45) is 0 Å². The van der Waals surface area contributed by atoms with Gasteiger partial charge in [-0.1, -0.05) is 29.8 Å². The summed E-state index contributed by atoms with van der Waals surface area (Å²) in [7, 11) is 0. The third-order valence-corrected chi connectivity index (χ3v) is 3.69. The first kappa shape index (κ1) is 14.0. The largest absolute Gasteiger partial charge is 0.488 e. The minimum atomic E-state index is -0.313. The Morgan fingerprint density at radius 1 is 1.21 bits per heavy atom. The first-order valence-corrected chi connectivity index (χ1v) is 6.67. The molecule has 0 spiro atoms. The Balaban J connectivity index is 2.17. The summed E-state index contributed by atoms with van der Waals surface area (Å²) in [4.78, 5) is 0. The Morgan fingerprint density at radius 3 is 2.74 bits per heavy atom. The molecule has 2 rings (SSSR count). The average Bonchev–Trinajstić information content (AvgIpc) is 2.41. The van der Waals surface area contributed by atoms with E-state index in [4.69, 9.17) is 4.74 Å². The molecule has 0 bridgehead atoms. The van der Waals surface area contributed by atoms with Gasteiger partial charge in [0, 0.05) is 11.1 Å². The van der Waals surface area contributed by atoms with E-state index in [-0.39, 0.29) is 19.0 Å². The van der Waals surface area contributed by atoms with E-state index in [1.165, 1.54) is 6.07 Å². The van der Waals surface area contributed by atoms with Crippen molar-refractivity contribution >= 4 is 15.9 Å². The Kier molecular flexibility index (Phi) is 4.56. The molecule has 2 aromatic rings. The van der Waals surface area contributed by atoms with Crippen LogP contribution in [-0.2, 0) is 13.2 Å². The fourth-order valence-electron chi connectivity index (χ4n) is 1.79. The number of aliphatic hydroxyl groups is 1. The van der Waals surface area contributed by atoms with Gasteiger partial charge in [0.15, 0.2) is 0 Å². The van der Waals surface area contributed by atoms with Crippen LogP contribution in [0, 0.1) is 12.7 Å². The molecular formula is C15H14BrFO2. The van der Waals surface area contributed by atoms with Crippen LogP contribution in [0.15, 0.2) is 40.9 Å². The van der Waals surface area contributed by atoms with Gasteiger partial charge in [-0.25, -0.2) is 4.39 Å². The van der Waals surface area contributed by atoms with Gasteiger partial charge in [-0.05, 0) is 35.0 Å². The van der Waals surface area contributed by atoms with Gasteiger partial charge in [0.25, 0.3) is 0 Å². The monoisotopic (exact) mass is 324 g/mol. The van der Waals surface area contributed by atoms with E-state index in [0.717, 1.165) is 16.7 Å². The second-order valence-electron chi connectivity index (χ2n) is 4.27. The molecule has 4 heteroatoms. The second-order valence-corrected chi connectivity index (χ2v) is 5.06. The molecule has 2 aromatic carbocycles. The van der Waals surface area contributed by atoms with Crippen molar-refractivity contribution in [3.05, 3.63) is 63.4 Å². The predicted molar refractivity (Wildman–Crippen MR) is 75.5 cm³/mol. The van der Waals surface area contributed by atoms with E-state index in [1.54, 1.807) is 12.1 Å². The number of aliphatic hydroxyl groups excluding tert-OH is 1. The highest BCUT2D eigenvalue weighted by Gasteiger charge is 2.08. The SMILES string of the molecule is Cc1ccc(OCc2cccc(F)c2Br)c(CO)c1. The van der Waals surface area contributed by atoms with Crippen LogP contribution >= 0.6 is 15.9 Å². The van der Waals surface area contributed by atoms with E-state index in [0.29, 0.717) is 10.2 Å². The van der Waals surface area contributed by atoms with E-state index < -0.39 is 0 Å². The third-order valence-electron chi connectivity index (χ3n) is 2.80. The van der Waals surface area contributed by atoms with Crippen molar-refractivity contribution < 1.29 is 14.2 Å². The lowest BCUT2D eigenvalue weighted by molar-refractivity contribution is 0.258. The zero-order valence-electron chi connectivity index (χ0n) is 10.5. The molecule has 0 aliphatic heterocycles. The zero-order chi connectivity index (χ0) is 13.8. The Morgan fingerprint density at radius 2 is 2.00 bits per heavy atom. The Bertz CT molecular complexity index is 584. The lowest BCUT2D eigenvalue weighted by Gasteiger charge is -2.12. The highest BCUT2D eigenvalue weighted by molar-refractivity contribution is 9.10. The number of aryl methyl sites for hydroxylation is 1. The van der Waals surface area contributed by atoms with Gasteiger partial charge in [0.2, 0.25) is 0 Å². The van der Waals surface area contributed by atoms with Gasteiger partial charge >= 0.3 is 0 Å². The van der Waals surface area contributed by atoms with Crippen LogP contribution in [0.1, 0.15) is 16.7 Å². The molecule has 1 N–H and O–H groups in total. The van der Waals surface area contributed by atoms with Crippen LogP contribution in [0.25, 0.3) is 0 Å². The molecule has 19 heavy (non-hydrogen) atoms. The molecule has 0 atom stereocenters. The summed E-state index contributed by atoms with van der Waals surface area (Å²) in [6, 6.07) is 10.4. The van der Waals surface area contributed by atoms with Crippen molar-refractivity contribution in [2.45, 2.75) is 20.1 Å². The number of hydrogen-bond acceptors (Lipinski definition) is 2. The normalized spacial score (nSPS) is 10.5. The van der Waals surface area contributed by atoms with Crippen LogP contribution in [0.2, 0.25) is 0 Å². The number of rotatable bonds is 4. The van der Waals surface area contributed by atoms with E-state index >= 15 is 0 Å². The first-order chi connectivity index (χ1) is 9.11. The van der Waals surface area contributed by atoms with Gasteiger partial charge in [-0.15, -0.1) is 0 Å². The minimum absolute atomic E-state index is 0.0820. The minimum Gasteiger partial charge on any atom is -0.488 e. The lowest BCUT2D eigenvalue weighted by atomic mass is 10.1. The summed E-state index contributed by atoms with van der Waals surface area (Å²) in [5.41, 5.74) is 2.51. The summed E-state index contributed by atoms with van der Waals surface area (Å²) >= 11 is 3.20.